The van der Waals surface area contributed by atoms with E-state index in [9.17, 15) is 14.4 Å². The molecule has 2 atom stereocenters. The SMILES string of the molecule is CCOc1ccc([C@@H](CNC(=O)c2ccc(C)cc2)C(=O)NC[C@H](C(=O)NCc2ccc(CN)cc2)c2cccnc2)cc1. The van der Waals surface area contributed by atoms with E-state index >= 15 is 0 Å². The summed E-state index contributed by atoms with van der Waals surface area (Å²) in [5.41, 5.74) is 10.6. The average Bonchev–Trinajstić information content (AvgIpc) is 3.05. The van der Waals surface area contributed by atoms with E-state index in [4.69, 9.17) is 10.5 Å². The third-order valence-electron chi connectivity index (χ3n) is 7.30. The maximum absolute atomic E-state index is 13.7. The van der Waals surface area contributed by atoms with Crippen LogP contribution >= 0.6 is 0 Å². The fourth-order valence-electron chi connectivity index (χ4n) is 4.70. The van der Waals surface area contributed by atoms with E-state index in [1.165, 1.54) is 0 Å². The monoisotopic (exact) mass is 593 g/mol. The zero-order valence-electron chi connectivity index (χ0n) is 25.1. The summed E-state index contributed by atoms with van der Waals surface area (Å²) >= 11 is 0. The van der Waals surface area contributed by atoms with Gasteiger partial charge in [-0.1, -0.05) is 60.2 Å². The van der Waals surface area contributed by atoms with Crippen LogP contribution in [0.2, 0.25) is 0 Å². The maximum Gasteiger partial charge on any atom is 0.251 e. The summed E-state index contributed by atoms with van der Waals surface area (Å²) in [6, 6.07) is 25.7. The molecule has 1 aromatic heterocycles. The summed E-state index contributed by atoms with van der Waals surface area (Å²) in [4.78, 5) is 44.2. The van der Waals surface area contributed by atoms with Gasteiger partial charge in [-0.05, 0) is 66.4 Å². The van der Waals surface area contributed by atoms with Crippen LogP contribution < -0.4 is 26.4 Å². The Labute approximate surface area is 258 Å². The second-order valence-electron chi connectivity index (χ2n) is 10.5. The van der Waals surface area contributed by atoms with E-state index in [2.05, 4.69) is 20.9 Å². The lowest BCUT2D eigenvalue weighted by molar-refractivity contribution is -0.124. The Bertz CT molecular complexity index is 1510. The number of nitrogens with one attached hydrogen (secondary N) is 3. The minimum absolute atomic E-state index is 0.0436. The van der Waals surface area contributed by atoms with Gasteiger partial charge < -0.3 is 26.4 Å². The third kappa shape index (κ3) is 8.99. The smallest absolute Gasteiger partial charge is 0.251 e. The van der Waals surface area contributed by atoms with E-state index in [1.54, 1.807) is 42.7 Å². The molecule has 0 fully saturated rings. The van der Waals surface area contributed by atoms with Crippen LogP contribution in [0.5, 0.6) is 5.75 Å². The Balaban J connectivity index is 1.48. The number of amides is 3. The Hall–Kier alpha value is -5.02. The predicted octanol–water partition coefficient (Wildman–Crippen LogP) is 3.98. The van der Waals surface area contributed by atoms with Crippen molar-refractivity contribution >= 4 is 17.7 Å². The first-order valence-electron chi connectivity index (χ1n) is 14.7. The normalized spacial score (nSPS) is 12.1. The molecule has 0 spiro atoms. The predicted molar refractivity (Wildman–Crippen MR) is 170 cm³/mol. The lowest BCUT2D eigenvalue weighted by Crippen LogP contribution is -2.41. The third-order valence-corrected chi connectivity index (χ3v) is 7.30. The highest BCUT2D eigenvalue weighted by molar-refractivity contribution is 5.95. The number of nitrogens with two attached hydrogens (primary N) is 1. The van der Waals surface area contributed by atoms with Gasteiger partial charge in [-0.2, -0.15) is 0 Å². The number of aryl methyl sites for hydroxylation is 1. The van der Waals surface area contributed by atoms with Crippen LogP contribution in [-0.2, 0) is 22.7 Å². The van der Waals surface area contributed by atoms with Gasteiger partial charge in [0.15, 0.2) is 0 Å². The Kier molecular flexibility index (Phi) is 11.6. The molecular weight excluding hydrogens is 554 g/mol. The van der Waals surface area contributed by atoms with Gasteiger partial charge >= 0.3 is 0 Å². The zero-order valence-corrected chi connectivity index (χ0v) is 25.1. The first-order chi connectivity index (χ1) is 21.4. The summed E-state index contributed by atoms with van der Waals surface area (Å²) < 4.78 is 5.56. The quantitative estimate of drug-likeness (QED) is 0.175. The van der Waals surface area contributed by atoms with E-state index in [1.807, 2.05) is 68.4 Å². The first-order valence-corrected chi connectivity index (χ1v) is 14.7. The van der Waals surface area contributed by atoms with Gasteiger partial charge in [-0.15, -0.1) is 0 Å². The molecule has 4 aromatic rings. The molecule has 0 aliphatic heterocycles. The number of aromatic nitrogens is 1. The van der Waals surface area contributed by atoms with Crippen molar-refractivity contribution in [2.45, 2.75) is 38.8 Å². The number of carbonyl (C=O) groups excluding carboxylic acids is 3. The molecule has 1 heterocycles. The number of rotatable bonds is 14. The van der Waals surface area contributed by atoms with Crippen molar-refractivity contribution < 1.29 is 19.1 Å². The van der Waals surface area contributed by atoms with E-state index in [-0.39, 0.29) is 30.8 Å². The molecule has 0 radical (unpaired) electrons. The van der Waals surface area contributed by atoms with Crippen LogP contribution in [0.1, 0.15) is 56.9 Å². The summed E-state index contributed by atoms with van der Waals surface area (Å²) in [5.74, 6) is -1.55. The van der Waals surface area contributed by atoms with Gasteiger partial charge in [-0.3, -0.25) is 19.4 Å². The number of carbonyl (C=O) groups is 3. The van der Waals surface area contributed by atoms with Gasteiger partial charge in [-0.25, -0.2) is 0 Å². The molecule has 0 unspecified atom stereocenters. The second-order valence-corrected chi connectivity index (χ2v) is 10.5. The van der Waals surface area contributed by atoms with Crippen LogP contribution in [-0.4, -0.2) is 42.4 Å². The van der Waals surface area contributed by atoms with Gasteiger partial charge in [0.1, 0.15) is 5.75 Å². The zero-order chi connectivity index (χ0) is 31.3. The summed E-state index contributed by atoms with van der Waals surface area (Å²) in [7, 11) is 0. The molecular formula is C35H39N5O4. The Morgan fingerprint density at radius 1 is 0.773 bits per heavy atom. The highest BCUT2D eigenvalue weighted by Gasteiger charge is 2.26. The number of benzene rings is 3. The lowest BCUT2D eigenvalue weighted by Gasteiger charge is -2.22. The Morgan fingerprint density at radius 2 is 1.41 bits per heavy atom. The highest BCUT2D eigenvalue weighted by Crippen LogP contribution is 2.21. The maximum atomic E-state index is 13.7. The minimum Gasteiger partial charge on any atom is -0.494 e. The molecule has 0 aliphatic carbocycles. The number of hydrogen-bond acceptors (Lipinski definition) is 6. The highest BCUT2D eigenvalue weighted by atomic mass is 16.5. The fraction of sp³-hybridized carbons (Fsp3) is 0.257. The van der Waals surface area contributed by atoms with Crippen molar-refractivity contribution in [1.29, 1.82) is 0 Å². The van der Waals surface area contributed by atoms with Gasteiger partial charge in [0.25, 0.3) is 5.91 Å². The molecule has 228 valence electrons. The van der Waals surface area contributed by atoms with Gasteiger partial charge in [0.05, 0.1) is 18.4 Å². The van der Waals surface area contributed by atoms with Crippen molar-refractivity contribution in [2.24, 2.45) is 5.73 Å². The summed E-state index contributed by atoms with van der Waals surface area (Å²) in [5, 5.41) is 8.84. The molecule has 0 aliphatic rings. The van der Waals surface area contributed by atoms with Crippen molar-refractivity contribution in [3.63, 3.8) is 0 Å². The molecule has 44 heavy (non-hydrogen) atoms. The standard InChI is InChI=1S/C35H39N5O4/c1-3-44-30-16-14-27(15-17-30)31(22-39-33(41)28-12-6-24(2)7-13-28)34(42)40-23-32(29-5-4-18-37-21-29)35(43)38-20-26-10-8-25(19-36)9-11-26/h4-18,21,31-32H,3,19-20,22-23,36H2,1-2H3,(H,38,43)(H,39,41)(H,40,42)/t31-,32+/m1/s1. The molecule has 3 amide bonds. The summed E-state index contributed by atoms with van der Waals surface area (Å²) in [6.07, 6.45) is 3.26. The topological polar surface area (TPSA) is 135 Å². The van der Waals surface area contributed by atoms with Crippen molar-refractivity contribution in [3.05, 3.63) is 131 Å². The first kappa shape index (κ1) is 31.9. The number of ether oxygens (including phenoxy) is 1. The average molecular weight is 594 g/mol. The van der Waals surface area contributed by atoms with Crippen LogP contribution in [0.25, 0.3) is 0 Å². The lowest BCUT2D eigenvalue weighted by atomic mass is 9.96. The molecule has 3 aromatic carbocycles. The van der Waals surface area contributed by atoms with Crippen LogP contribution in [0.3, 0.4) is 0 Å². The van der Waals surface area contributed by atoms with Crippen molar-refractivity contribution in [2.75, 3.05) is 19.7 Å². The van der Waals surface area contributed by atoms with E-state index in [0.29, 0.717) is 42.1 Å². The van der Waals surface area contributed by atoms with E-state index in [0.717, 1.165) is 16.7 Å². The summed E-state index contributed by atoms with van der Waals surface area (Å²) in [6.45, 7) is 5.25. The van der Waals surface area contributed by atoms with Crippen LogP contribution in [0.15, 0.2) is 97.3 Å². The molecule has 0 bridgehead atoms. The second kappa shape index (κ2) is 16.0. The molecule has 0 saturated heterocycles. The molecule has 0 saturated carbocycles. The molecule has 9 nitrogen and oxygen atoms in total. The number of nitrogens with zero attached hydrogens (tertiary/aromatic N) is 1. The van der Waals surface area contributed by atoms with Crippen molar-refractivity contribution in [3.8, 4) is 5.75 Å². The molecule has 5 N–H and O–H groups in total. The fourth-order valence-corrected chi connectivity index (χ4v) is 4.70. The Morgan fingerprint density at radius 3 is 2.05 bits per heavy atom. The van der Waals surface area contributed by atoms with Gasteiger partial charge in [0, 0.05) is 44.1 Å². The van der Waals surface area contributed by atoms with Crippen LogP contribution in [0, 0.1) is 6.92 Å². The van der Waals surface area contributed by atoms with Crippen molar-refractivity contribution in [1.82, 2.24) is 20.9 Å². The molecule has 4 rings (SSSR count). The number of hydrogen-bond donors (Lipinski definition) is 4. The minimum atomic E-state index is -0.709. The van der Waals surface area contributed by atoms with Gasteiger partial charge in [0.2, 0.25) is 11.8 Å². The largest absolute Gasteiger partial charge is 0.494 e. The van der Waals surface area contributed by atoms with Crippen LogP contribution in [0.4, 0.5) is 0 Å². The number of pyridine rings is 1. The van der Waals surface area contributed by atoms with E-state index < -0.39 is 11.8 Å². The molecule has 9 heteroatoms.